The molecule has 22 heavy (non-hydrogen) atoms. The van der Waals surface area contributed by atoms with E-state index in [1.165, 1.54) is 17.8 Å². The van der Waals surface area contributed by atoms with Gasteiger partial charge in [-0.3, -0.25) is 14.7 Å². The van der Waals surface area contributed by atoms with Gasteiger partial charge in [0.1, 0.15) is 0 Å². The van der Waals surface area contributed by atoms with Crippen molar-refractivity contribution in [1.29, 1.82) is 0 Å². The van der Waals surface area contributed by atoms with Crippen LogP contribution >= 0.6 is 11.8 Å². The van der Waals surface area contributed by atoms with Crippen molar-refractivity contribution in [1.82, 2.24) is 14.8 Å². The van der Waals surface area contributed by atoms with Crippen LogP contribution < -0.4 is 5.69 Å². The molecule has 0 amide bonds. The second-order valence-electron chi connectivity index (χ2n) is 4.92. The number of hydrogen-bond donors (Lipinski definition) is 1. The van der Waals surface area contributed by atoms with Gasteiger partial charge in [0.2, 0.25) is 0 Å². The molecule has 0 aliphatic heterocycles. The number of nitro benzene ring substituents is 1. The van der Waals surface area contributed by atoms with Crippen molar-refractivity contribution in [2.75, 3.05) is 0 Å². The third-order valence-corrected chi connectivity index (χ3v) is 4.45. The average molecular weight is 322 g/mol. The number of aromatic amines is 1. The minimum atomic E-state index is -0.380. The van der Waals surface area contributed by atoms with Gasteiger partial charge in [-0.05, 0) is 18.9 Å². The molecule has 0 aliphatic rings. The van der Waals surface area contributed by atoms with E-state index in [9.17, 15) is 14.9 Å². The summed E-state index contributed by atoms with van der Waals surface area (Å²) in [5, 5.41) is 18.1. The number of thioether (sulfide) groups is 1. The highest BCUT2D eigenvalue weighted by atomic mass is 32.2. The quantitative estimate of drug-likeness (QED) is 0.480. The molecular formula is C14H18N4O3S. The SMILES string of the molecule is CCCCn1c(SCc2cccc([N+](=O)[O-])c2C)n[nH]c1=O. The van der Waals surface area contributed by atoms with E-state index in [1.54, 1.807) is 17.6 Å². The Labute approximate surface area is 131 Å². The second-order valence-corrected chi connectivity index (χ2v) is 5.87. The van der Waals surface area contributed by atoms with Crippen LogP contribution in [0.15, 0.2) is 28.2 Å². The summed E-state index contributed by atoms with van der Waals surface area (Å²) < 4.78 is 1.61. The lowest BCUT2D eigenvalue weighted by atomic mass is 10.1. The van der Waals surface area contributed by atoms with E-state index in [1.807, 2.05) is 6.07 Å². The number of hydrogen-bond acceptors (Lipinski definition) is 5. The minimum absolute atomic E-state index is 0.114. The largest absolute Gasteiger partial charge is 0.343 e. The molecule has 0 unspecified atom stereocenters. The molecule has 1 heterocycles. The Morgan fingerprint density at radius 2 is 2.23 bits per heavy atom. The molecule has 7 nitrogen and oxygen atoms in total. The molecule has 0 spiro atoms. The van der Waals surface area contributed by atoms with Gasteiger partial charge in [-0.15, -0.1) is 5.10 Å². The lowest BCUT2D eigenvalue weighted by molar-refractivity contribution is -0.385. The summed E-state index contributed by atoms with van der Waals surface area (Å²) in [6.45, 7) is 4.43. The van der Waals surface area contributed by atoms with E-state index in [4.69, 9.17) is 0 Å². The van der Waals surface area contributed by atoms with E-state index >= 15 is 0 Å². The molecule has 0 atom stereocenters. The van der Waals surface area contributed by atoms with E-state index < -0.39 is 0 Å². The van der Waals surface area contributed by atoms with E-state index in [0.29, 0.717) is 23.0 Å². The third kappa shape index (κ3) is 3.56. The summed E-state index contributed by atoms with van der Waals surface area (Å²) in [4.78, 5) is 22.3. The van der Waals surface area contributed by atoms with Crippen LogP contribution in [0.5, 0.6) is 0 Å². The highest BCUT2D eigenvalue weighted by Gasteiger charge is 2.15. The maximum atomic E-state index is 11.7. The Morgan fingerprint density at radius 3 is 2.91 bits per heavy atom. The zero-order valence-corrected chi connectivity index (χ0v) is 13.4. The topological polar surface area (TPSA) is 93.8 Å². The highest BCUT2D eigenvalue weighted by molar-refractivity contribution is 7.98. The smallest absolute Gasteiger partial charge is 0.270 e. The van der Waals surface area contributed by atoms with Crippen LogP contribution in [0.1, 0.15) is 30.9 Å². The normalized spacial score (nSPS) is 10.8. The van der Waals surface area contributed by atoms with Gasteiger partial charge >= 0.3 is 5.69 Å². The van der Waals surface area contributed by atoms with Gasteiger partial charge in [0.25, 0.3) is 5.69 Å². The Kier molecular flexibility index (Phi) is 5.37. The van der Waals surface area contributed by atoms with Crippen LogP contribution in [-0.2, 0) is 12.3 Å². The molecule has 0 fully saturated rings. The fraction of sp³-hybridized carbons (Fsp3) is 0.429. The minimum Gasteiger partial charge on any atom is -0.270 e. The molecule has 0 saturated carbocycles. The van der Waals surface area contributed by atoms with Crippen LogP contribution in [0.3, 0.4) is 0 Å². The first-order valence-electron chi connectivity index (χ1n) is 7.05. The average Bonchev–Trinajstić information content (AvgIpc) is 2.84. The number of rotatable bonds is 7. The van der Waals surface area contributed by atoms with Gasteiger partial charge in [0, 0.05) is 23.9 Å². The fourth-order valence-corrected chi connectivity index (χ4v) is 3.13. The number of unbranched alkanes of at least 4 members (excludes halogenated alkanes) is 1. The van der Waals surface area contributed by atoms with Crippen LogP contribution in [0, 0.1) is 17.0 Å². The van der Waals surface area contributed by atoms with Gasteiger partial charge < -0.3 is 0 Å². The maximum Gasteiger partial charge on any atom is 0.343 e. The first-order valence-corrected chi connectivity index (χ1v) is 8.04. The molecule has 2 rings (SSSR count). The lowest BCUT2D eigenvalue weighted by Gasteiger charge is -2.07. The summed E-state index contributed by atoms with van der Waals surface area (Å²) in [5.41, 5.74) is 1.42. The standard InChI is InChI=1S/C14H18N4O3S/c1-3-4-8-17-13(19)15-16-14(17)22-9-11-6-5-7-12(10(11)2)18(20)21/h5-7H,3-4,8-9H2,1-2H3,(H,15,19). The van der Waals surface area contributed by atoms with Crippen LogP contribution in [0.25, 0.3) is 0 Å². The third-order valence-electron chi connectivity index (χ3n) is 3.43. The fourth-order valence-electron chi connectivity index (χ4n) is 2.09. The molecule has 0 saturated heterocycles. The molecule has 2 aromatic rings. The van der Waals surface area contributed by atoms with Gasteiger partial charge in [-0.2, -0.15) is 0 Å². The van der Waals surface area contributed by atoms with Crippen molar-refractivity contribution in [2.24, 2.45) is 0 Å². The van der Waals surface area contributed by atoms with Gasteiger partial charge in [-0.1, -0.05) is 37.2 Å². The van der Waals surface area contributed by atoms with Crippen molar-refractivity contribution in [3.05, 3.63) is 49.9 Å². The van der Waals surface area contributed by atoms with Crippen molar-refractivity contribution in [2.45, 2.75) is 44.1 Å². The monoisotopic (exact) mass is 322 g/mol. The summed E-state index contributed by atoms with van der Waals surface area (Å²) in [6.07, 6.45) is 1.90. The van der Waals surface area contributed by atoms with Crippen molar-refractivity contribution in [3.8, 4) is 0 Å². The first-order chi connectivity index (χ1) is 10.5. The summed E-state index contributed by atoms with van der Waals surface area (Å²) in [7, 11) is 0. The van der Waals surface area contributed by atoms with Crippen molar-refractivity contribution < 1.29 is 4.92 Å². The summed E-state index contributed by atoms with van der Waals surface area (Å²) in [5.74, 6) is 0.532. The summed E-state index contributed by atoms with van der Waals surface area (Å²) >= 11 is 1.40. The number of nitrogens with one attached hydrogen (secondary N) is 1. The van der Waals surface area contributed by atoms with Crippen LogP contribution in [0.2, 0.25) is 0 Å². The van der Waals surface area contributed by atoms with E-state index in [-0.39, 0.29) is 16.3 Å². The Bertz CT molecular complexity index is 723. The number of H-pyrrole nitrogens is 1. The number of nitro groups is 1. The predicted octanol–water partition coefficient (Wildman–Crippen LogP) is 2.88. The highest BCUT2D eigenvalue weighted by Crippen LogP contribution is 2.27. The molecule has 0 radical (unpaired) electrons. The zero-order chi connectivity index (χ0) is 16.1. The first kappa shape index (κ1) is 16.3. The summed E-state index contributed by atoms with van der Waals surface area (Å²) in [6, 6.07) is 5.03. The molecular weight excluding hydrogens is 304 g/mol. The maximum absolute atomic E-state index is 11.7. The molecule has 1 N–H and O–H groups in total. The predicted molar refractivity (Wildman–Crippen MR) is 85.2 cm³/mol. The van der Waals surface area contributed by atoms with E-state index in [2.05, 4.69) is 17.1 Å². The molecule has 1 aromatic heterocycles. The zero-order valence-electron chi connectivity index (χ0n) is 12.5. The molecule has 0 aliphatic carbocycles. The number of nitrogens with zero attached hydrogens (tertiary/aromatic N) is 3. The van der Waals surface area contributed by atoms with E-state index in [0.717, 1.165) is 18.4 Å². The molecule has 118 valence electrons. The number of benzene rings is 1. The lowest BCUT2D eigenvalue weighted by Crippen LogP contribution is -2.17. The molecule has 1 aromatic carbocycles. The Balaban J connectivity index is 2.16. The van der Waals surface area contributed by atoms with Gasteiger partial charge in [0.05, 0.1) is 4.92 Å². The van der Waals surface area contributed by atoms with Crippen LogP contribution in [-0.4, -0.2) is 19.7 Å². The molecule has 0 bridgehead atoms. The van der Waals surface area contributed by atoms with Crippen molar-refractivity contribution >= 4 is 17.4 Å². The Hall–Kier alpha value is -2.09. The number of aromatic nitrogens is 3. The van der Waals surface area contributed by atoms with Crippen LogP contribution in [0.4, 0.5) is 5.69 Å². The molecule has 8 heteroatoms. The van der Waals surface area contributed by atoms with Crippen molar-refractivity contribution in [3.63, 3.8) is 0 Å². The Morgan fingerprint density at radius 1 is 1.45 bits per heavy atom. The van der Waals surface area contributed by atoms with Gasteiger partial charge in [0.15, 0.2) is 5.16 Å². The van der Waals surface area contributed by atoms with Gasteiger partial charge in [-0.25, -0.2) is 9.89 Å². The second kappa shape index (κ2) is 7.26.